The third kappa shape index (κ3) is 1.54. The maximum absolute atomic E-state index is 5.48. The van der Waals surface area contributed by atoms with Crippen LogP contribution in [0.3, 0.4) is 0 Å². The second-order valence-corrected chi connectivity index (χ2v) is 3.95. The lowest BCUT2D eigenvalue weighted by atomic mass is 10.3. The van der Waals surface area contributed by atoms with Crippen LogP contribution in [0, 0.1) is 0 Å². The molecule has 1 fully saturated rings. The van der Waals surface area contributed by atoms with Crippen molar-refractivity contribution in [1.82, 2.24) is 4.98 Å². The Hall–Kier alpha value is -0.650. The number of rotatable bonds is 2. The van der Waals surface area contributed by atoms with Crippen LogP contribution in [-0.4, -0.2) is 25.2 Å². The Morgan fingerprint density at radius 3 is 2.77 bits per heavy atom. The molecule has 1 saturated heterocycles. The lowest BCUT2D eigenvalue weighted by Crippen LogP contribution is -2.21. The van der Waals surface area contributed by atoms with E-state index in [0.29, 0.717) is 13.2 Å². The average Bonchev–Trinajstić information content (AvgIpc) is 2.72. The molecule has 0 aromatic carbocycles. The Bertz CT molecular complexity index is 294. The molecule has 5 heteroatoms. The molecule has 0 aliphatic carbocycles. The van der Waals surface area contributed by atoms with Crippen molar-refractivity contribution in [3.05, 3.63) is 11.2 Å². The van der Waals surface area contributed by atoms with Crippen LogP contribution in [0.4, 0.5) is 5.00 Å². The fourth-order valence-corrected chi connectivity index (χ4v) is 2.06. The zero-order chi connectivity index (χ0) is 9.31. The predicted molar refractivity (Wildman–Crippen MR) is 50.9 cm³/mol. The number of ether oxygens (including phenoxy) is 2. The number of aromatic nitrogens is 1. The summed E-state index contributed by atoms with van der Waals surface area (Å²) in [6, 6.07) is 0. The summed E-state index contributed by atoms with van der Waals surface area (Å²) in [6.45, 7) is 3.19. The standard InChI is InChI=1S/C8H12N2O2S/c1-8(11-3-4-12-8)7-10-5-6(9-2)13-7/h5,9H,3-4H2,1-2H3. The second-order valence-electron chi connectivity index (χ2n) is 2.92. The van der Waals surface area contributed by atoms with E-state index in [4.69, 9.17) is 9.47 Å². The van der Waals surface area contributed by atoms with Crippen molar-refractivity contribution >= 4 is 16.3 Å². The van der Waals surface area contributed by atoms with Crippen LogP contribution in [0.25, 0.3) is 0 Å². The molecule has 1 aromatic rings. The monoisotopic (exact) mass is 200 g/mol. The molecule has 0 amide bonds. The molecular formula is C8H12N2O2S. The molecule has 0 spiro atoms. The first kappa shape index (κ1) is 8.93. The van der Waals surface area contributed by atoms with Crippen molar-refractivity contribution in [1.29, 1.82) is 0 Å². The quantitative estimate of drug-likeness (QED) is 0.783. The topological polar surface area (TPSA) is 43.4 Å². The fraction of sp³-hybridized carbons (Fsp3) is 0.625. The molecule has 0 bridgehead atoms. The molecule has 1 aliphatic rings. The highest BCUT2D eigenvalue weighted by Gasteiger charge is 2.36. The first-order valence-corrected chi connectivity index (χ1v) is 4.98. The lowest BCUT2D eigenvalue weighted by Gasteiger charge is -2.18. The van der Waals surface area contributed by atoms with E-state index >= 15 is 0 Å². The normalized spacial score (nSPS) is 20.5. The zero-order valence-electron chi connectivity index (χ0n) is 7.66. The van der Waals surface area contributed by atoms with Gasteiger partial charge in [-0.05, 0) is 6.92 Å². The number of nitrogens with zero attached hydrogens (tertiary/aromatic N) is 1. The van der Waals surface area contributed by atoms with E-state index in [2.05, 4.69) is 10.3 Å². The SMILES string of the molecule is CNc1cnc(C2(C)OCCO2)s1. The van der Waals surface area contributed by atoms with E-state index < -0.39 is 5.79 Å². The molecular weight excluding hydrogens is 188 g/mol. The van der Waals surface area contributed by atoms with Crippen molar-refractivity contribution in [3.8, 4) is 0 Å². The second kappa shape index (κ2) is 3.25. The number of nitrogens with one attached hydrogen (secondary N) is 1. The highest BCUT2D eigenvalue weighted by molar-refractivity contribution is 7.15. The summed E-state index contributed by atoms with van der Waals surface area (Å²) in [7, 11) is 1.87. The summed E-state index contributed by atoms with van der Waals surface area (Å²) in [5, 5.41) is 4.93. The summed E-state index contributed by atoms with van der Waals surface area (Å²) in [5.74, 6) is -0.625. The van der Waals surface area contributed by atoms with Gasteiger partial charge in [-0.2, -0.15) is 0 Å². The minimum atomic E-state index is -0.625. The van der Waals surface area contributed by atoms with Gasteiger partial charge in [0.1, 0.15) is 5.00 Å². The Kier molecular flexibility index (Phi) is 2.23. The molecule has 0 unspecified atom stereocenters. The van der Waals surface area contributed by atoms with Gasteiger partial charge in [0.25, 0.3) is 0 Å². The summed E-state index contributed by atoms with van der Waals surface area (Å²) in [4.78, 5) is 4.25. The smallest absolute Gasteiger partial charge is 0.219 e. The molecule has 1 aromatic heterocycles. The first-order valence-electron chi connectivity index (χ1n) is 4.16. The summed E-state index contributed by atoms with van der Waals surface area (Å²) in [6.07, 6.45) is 1.79. The van der Waals surface area contributed by atoms with Crippen LogP contribution in [0.1, 0.15) is 11.9 Å². The lowest BCUT2D eigenvalue weighted by molar-refractivity contribution is -0.149. The van der Waals surface area contributed by atoms with E-state index in [1.54, 1.807) is 17.5 Å². The van der Waals surface area contributed by atoms with Crippen LogP contribution < -0.4 is 5.32 Å². The number of anilines is 1. The van der Waals surface area contributed by atoms with E-state index in [-0.39, 0.29) is 0 Å². The first-order chi connectivity index (χ1) is 6.24. The number of thiazole rings is 1. The average molecular weight is 200 g/mol. The van der Waals surface area contributed by atoms with Crippen LogP contribution in [0.2, 0.25) is 0 Å². The van der Waals surface area contributed by atoms with Gasteiger partial charge >= 0.3 is 0 Å². The van der Waals surface area contributed by atoms with Gasteiger partial charge in [0.05, 0.1) is 19.4 Å². The van der Waals surface area contributed by atoms with E-state index in [0.717, 1.165) is 10.0 Å². The Labute approximate surface area is 80.9 Å². The van der Waals surface area contributed by atoms with E-state index in [9.17, 15) is 0 Å². The van der Waals surface area contributed by atoms with Gasteiger partial charge in [0.2, 0.25) is 5.79 Å². The molecule has 0 atom stereocenters. The Morgan fingerprint density at radius 2 is 2.23 bits per heavy atom. The van der Waals surface area contributed by atoms with Gasteiger partial charge in [-0.1, -0.05) is 11.3 Å². The molecule has 2 rings (SSSR count). The van der Waals surface area contributed by atoms with Crippen molar-refractivity contribution in [2.24, 2.45) is 0 Å². The van der Waals surface area contributed by atoms with Crippen molar-refractivity contribution in [2.75, 3.05) is 25.6 Å². The zero-order valence-corrected chi connectivity index (χ0v) is 8.48. The third-order valence-electron chi connectivity index (χ3n) is 1.98. The predicted octanol–water partition coefficient (Wildman–Crippen LogP) is 1.40. The van der Waals surface area contributed by atoms with Crippen LogP contribution in [0.5, 0.6) is 0 Å². The van der Waals surface area contributed by atoms with Crippen molar-refractivity contribution < 1.29 is 9.47 Å². The van der Waals surface area contributed by atoms with Gasteiger partial charge in [-0.3, -0.25) is 0 Å². The maximum Gasteiger partial charge on any atom is 0.219 e. The number of hydrogen-bond donors (Lipinski definition) is 1. The Balaban J connectivity index is 2.23. The summed E-state index contributed by atoms with van der Waals surface area (Å²) >= 11 is 1.56. The Morgan fingerprint density at radius 1 is 1.54 bits per heavy atom. The summed E-state index contributed by atoms with van der Waals surface area (Å²) < 4.78 is 11.0. The third-order valence-corrected chi connectivity index (χ3v) is 3.18. The molecule has 0 radical (unpaired) electrons. The molecule has 1 aliphatic heterocycles. The number of hydrogen-bond acceptors (Lipinski definition) is 5. The van der Waals surface area contributed by atoms with Gasteiger partial charge in [0.15, 0.2) is 5.01 Å². The molecule has 2 heterocycles. The van der Waals surface area contributed by atoms with E-state index in [1.165, 1.54) is 0 Å². The van der Waals surface area contributed by atoms with Crippen molar-refractivity contribution in [3.63, 3.8) is 0 Å². The minimum Gasteiger partial charge on any atom is -0.379 e. The van der Waals surface area contributed by atoms with E-state index in [1.807, 2.05) is 14.0 Å². The van der Waals surface area contributed by atoms with Gasteiger partial charge in [-0.15, -0.1) is 0 Å². The molecule has 13 heavy (non-hydrogen) atoms. The van der Waals surface area contributed by atoms with Crippen LogP contribution in [0.15, 0.2) is 6.20 Å². The minimum absolute atomic E-state index is 0.625. The molecule has 72 valence electrons. The van der Waals surface area contributed by atoms with Crippen molar-refractivity contribution in [2.45, 2.75) is 12.7 Å². The molecule has 0 saturated carbocycles. The van der Waals surface area contributed by atoms with Crippen LogP contribution >= 0.6 is 11.3 Å². The molecule has 4 nitrogen and oxygen atoms in total. The summed E-state index contributed by atoms with van der Waals surface area (Å²) in [5.41, 5.74) is 0. The van der Waals surface area contributed by atoms with Crippen LogP contribution in [-0.2, 0) is 15.3 Å². The highest BCUT2D eigenvalue weighted by Crippen LogP contribution is 2.34. The highest BCUT2D eigenvalue weighted by atomic mass is 32.1. The van der Waals surface area contributed by atoms with Gasteiger partial charge < -0.3 is 14.8 Å². The largest absolute Gasteiger partial charge is 0.379 e. The van der Waals surface area contributed by atoms with Gasteiger partial charge in [0, 0.05) is 7.05 Å². The van der Waals surface area contributed by atoms with Gasteiger partial charge in [-0.25, -0.2) is 4.98 Å². The molecule has 1 N–H and O–H groups in total. The fourth-order valence-electron chi connectivity index (χ4n) is 1.24. The maximum atomic E-state index is 5.48.